The molecule has 0 spiro atoms. The van der Waals surface area contributed by atoms with Crippen LogP contribution in [0.4, 0.5) is 4.39 Å². The molecule has 0 unspecified atom stereocenters. The van der Waals surface area contributed by atoms with Crippen molar-refractivity contribution in [1.29, 1.82) is 0 Å². The summed E-state index contributed by atoms with van der Waals surface area (Å²) in [6, 6.07) is 6.97. The summed E-state index contributed by atoms with van der Waals surface area (Å²) in [5.41, 5.74) is 0.307. The fourth-order valence-electron chi connectivity index (χ4n) is 3.25. The molecule has 2 aromatic rings. The van der Waals surface area contributed by atoms with Crippen molar-refractivity contribution in [3.05, 3.63) is 56.6 Å². The summed E-state index contributed by atoms with van der Waals surface area (Å²) in [4.78, 5) is 29.0. The van der Waals surface area contributed by atoms with Crippen LogP contribution < -0.4 is 5.56 Å². The van der Waals surface area contributed by atoms with Crippen molar-refractivity contribution in [3.8, 4) is 0 Å². The van der Waals surface area contributed by atoms with E-state index in [0.717, 1.165) is 0 Å². The molecule has 0 aromatic carbocycles. The van der Waals surface area contributed by atoms with E-state index in [9.17, 15) is 14.0 Å². The van der Waals surface area contributed by atoms with Crippen molar-refractivity contribution in [1.82, 2.24) is 14.4 Å². The Hall–Kier alpha value is -1.99. The number of hydrogen-bond acceptors (Lipinski definition) is 4. The SMILES string of the molecule is CN(C[C@@H]1C[C@H](F)CN1Cc1cccs1)C(=O)c1ccc(=O)n(C)c1. The maximum Gasteiger partial charge on any atom is 0.255 e. The molecule has 0 bridgehead atoms. The first-order valence-corrected chi connectivity index (χ1v) is 9.14. The monoisotopic (exact) mass is 363 g/mol. The number of aryl methyl sites for hydroxylation is 1. The molecule has 134 valence electrons. The van der Waals surface area contributed by atoms with Crippen LogP contribution in [0.1, 0.15) is 21.7 Å². The van der Waals surface area contributed by atoms with E-state index in [0.29, 0.717) is 31.6 Å². The first-order valence-electron chi connectivity index (χ1n) is 8.26. The molecular formula is C18H22FN3O2S. The molecule has 3 rings (SSSR count). The number of nitrogens with zero attached hydrogens (tertiary/aromatic N) is 3. The van der Waals surface area contributed by atoms with Gasteiger partial charge in [-0.3, -0.25) is 14.5 Å². The second-order valence-corrected chi connectivity index (χ2v) is 7.58. The number of alkyl halides is 1. The molecule has 1 aliphatic rings. The van der Waals surface area contributed by atoms with Gasteiger partial charge in [-0.1, -0.05) is 6.07 Å². The Morgan fingerprint density at radius 3 is 2.88 bits per heavy atom. The molecule has 1 amide bonds. The number of carbonyl (C=O) groups is 1. The number of halogens is 1. The highest BCUT2D eigenvalue weighted by Gasteiger charge is 2.33. The van der Waals surface area contributed by atoms with Crippen LogP contribution >= 0.6 is 11.3 Å². The number of likely N-dealkylation sites (tertiary alicyclic amines) is 1. The standard InChI is InChI=1S/C18H22FN3O2S/c1-20-9-13(5-6-17(20)23)18(24)21(2)11-15-8-14(19)10-22(15)12-16-4-3-7-25-16/h3-7,9,14-15H,8,10-12H2,1-2H3/t14-,15-/m0/s1. The van der Waals surface area contributed by atoms with Crippen molar-refractivity contribution in [3.63, 3.8) is 0 Å². The normalized spacial score (nSPS) is 20.8. The quantitative estimate of drug-likeness (QED) is 0.818. The lowest BCUT2D eigenvalue weighted by Crippen LogP contribution is -2.41. The van der Waals surface area contributed by atoms with E-state index in [-0.39, 0.29) is 17.5 Å². The second-order valence-electron chi connectivity index (χ2n) is 6.55. The van der Waals surface area contributed by atoms with Gasteiger partial charge in [0.25, 0.3) is 5.91 Å². The van der Waals surface area contributed by atoms with Gasteiger partial charge in [0.05, 0.1) is 5.56 Å². The molecular weight excluding hydrogens is 341 g/mol. The number of pyridine rings is 1. The molecule has 1 saturated heterocycles. The Labute approximate surface area is 150 Å². The predicted octanol–water partition coefficient (Wildman–Crippen LogP) is 2.13. The summed E-state index contributed by atoms with van der Waals surface area (Å²) >= 11 is 1.66. The molecule has 0 saturated carbocycles. The van der Waals surface area contributed by atoms with Gasteiger partial charge in [0, 0.05) is 56.9 Å². The third kappa shape index (κ3) is 4.16. The van der Waals surface area contributed by atoms with Crippen LogP contribution in [0.15, 0.2) is 40.6 Å². The summed E-state index contributed by atoms with van der Waals surface area (Å²) < 4.78 is 15.3. The lowest BCUT2D eigenvalue weighted by molar-refractivity contribution is 0.0749. The minimum atomic E-state index is -0.856. The van der Waals surface area contributed by atoms with E-state index in [1.165, 1.54) is 27.8 Å². The third-order valence-electron chi connectivity index (χ3n) is 4.58. The Bertz CT molecular complexity index is 790. The molecule has 0 radical (unpaired) electrons. The molecule has 7 heteroatoms. The van der Waals surface area contributed by atoms with E-state index in [1.54, 1.807) is 30.3 Å². The van der Waals surface area contributed by atoms with Crippen molar-refractivity contribution in [2.24, 2.45) is 7.05 Å². The van der Waals surface area contributed by atoms with Gasteiger partial charge in [-0.05, 0) is 23.9 Å². The Kier molecular flexibility index (Phi) is 5.34. The number of aromatic nitrogens is 1. The summed E-state index contributed by atoms with van der Waals surface area (Å²) in [5.74, 6) is -0.158. The van der Waals surface area contributed by atoms with Crippen molar-refractivity contribution in [2.45, 2.75) is 25.2 Å². The van der Waals surface area contributed by atoms with Gasteiger partial charge in [0.15, 0.2) is 0 Å². The van der Waals surface area contributed by atoms with Crippen LogP contribution in [0.3, 0.4) is 0 Å². The predicted molar refractivity (Wildman–Crippen MR) is 96.7 cm³/mol. The van der Waals surface area contributed by atoms with E-state index in [4.69, 9.17) is 0 Å². The van der Waals surface area contributed by atoms with Gasteiger partial charge in [0.1, 0.15) is 6.17 Å². The fraction of sp³-hybridized carbons (Fsp3) is 0.444. The lowest BCUT2D eigenvalue weighted by Gasteiger charge is -2.28. The molecule has 5 nitrogen and oxygen atoms in total. The first-order chi connectivity index (χ1) is 11.9. The second kappa shape index (κ2) is 7.49. The van der Waals surface area contributed by atoms with Crippen LogP contribution in [0, 0.1) is 0 Å². The van der Waals surface area contributed by atoms with Gasteiger partial charge in [-0.15, -0.1) is 11.3 Å². The van der Waals surface area contributed by atoms with E-state index in [1.807, 2.05) is 17.5 Å². The van der Waals surface area contributed by atoms with E-state index in [2.05, 4.69) is 4.90 Å². The van der Waals surface area contributed by atoms with Gasteiger partial charge in [-0.2, -0.15) is 0 Å². The van der Waals surface area contributed by atoms with Gasteiger partial charge in [-0.25, -0.2) is 4.39 Å². The third-order valence-corrected chi connectivity index (χ3v) is 5.44. The zero-order chi connectivity index (χ0) is 18.0. The molecule has 3 heterocycles. The number of carbonyl (C=O) groups excluding carboxylic acids is 1. The van der Waals surface area contributed by atoms with E-state index < -0.39 is 6.17 Å². The smallest absolute Gasteiger partial charge is 0.255 e. The minimum Gasteiger partial charge on any atom is -0.340 e. The Balaban J connectivity index is 1.67. The summed E-state index contributed by atoms with van der Waals surface area (Å²) in [5, 5.41) is 2.02. The minimum absolute atomic E-state index is 0.00131. The maximum absolute atomic E-state index is 13.9. The molecule has 2 atom stereocenters. The van der Waals surface area contributed by atoms with E-state index >= 15 is 0 Å². The van der Waals surface area contributed by atoms with Crippen molar-refractivity contribution < 1.29 is 9.18 Å². The van der Waals surface area contributed by atoms with Gasteiger partial charge in [0.2, 0.25) is 5.56 Å². The highest BCUT2D eigenvalue weighted by molar-refractivity contribution is 7.09. The number of rotatable bonds is 5. The van der Waals surface area contributed by atoms with Crippen LogP contribution in [-0.4, -0.2) is 52.6 Å². The molecule has 2 aromatic heterocycles. The zero-order valence-corrected chi connectivity index (χ0v) is 15.2. The molecule has 0 aliphatic carbocycles. The Morgan fingerprint density at radius 2 is 2.20 bits per heavy atom. The molecule has 1 fully saturated rings. The largest absolute Gasteiger partial charge is 0.340 e. The maximum atomic E-state index is 13.9. The number of thiophene rings is 1. The van der Waals surface area contributed by atoms with Crippen LogP contribution in [-0.2, 0) is 13.6 Å². The van der Waals surface area contributed by atoms with Crippen LogP contribution in [0.25, 0.3) is 0 Å². The molecule has 0 N–H and O–H groups in total. The van der Waals surface area contributed by atoms with Gasteiger partial charge < -0.3 is 9.47 Å². The fourth-order valence-corrected chi connectivity index (χ4v) is 3.98. The number of amides is 1. The van der Waals surface area contributed by atoms with Crippen LogP contribution in [0.2, 0.25) is 0 Å². The van der Waals surface area contributed by atoms with Crippen molar-refractivity contribution >= 4 is 17.2 Å². The summed E-state index contributed by atoms with van der Waals surface area (Å²) in [6.07, 6.45) is 1.12. The van der Waals surface area contributed by atoms with Gasteiger partial charge >= 0.3 is 0 Å². The Morgan fingerprint density at radius 1 is 1.40 bits per heavy atom. The first kappa shape index (κ1) is 17.8. The average Bonchev–Trinajstić information content (AvgIpc) is 3.19. The zero-order valence-electron chi connectivity index (χ0n) is 14.4. The average molecular weight is 363 g/mol. The molecule has 1 aliphatic heterocycles. The lowest BCUT2D eigenvalue weighted by atomic mass is 10.1. The topological polar surface area (TPSA) is 45.6 Å². The summed E-state index contributed by atoms with van der Waals surface area (Å²) in [6.45, 7) is 1.59. The highest BCUT2D eigenvalue weighted by atomic mass is 32.1. The number of likely N-dealkylation sites (N-methyl/N-ethyl adjacent to an activating group) is 1. The molecule has 25 heavy (non-hydrogen) atoms. The van der Waals surface area contributed by atoms with Crippen LogP contribution in [0.5, 0.6) is 0 Å². The highest BCUT2D eigenvalue weighted by Crippen LogP contribution is 2.25. The number of hydrogen-bond donors (Lipinski definition) is 0. The summed E-state index contributed by atoms with van der Waals surface area (Å²) in [7, 11) is 3.34. The van der Waals surface area contributed by atoms with Crippen molar-refractivity contribution in [2.75, 3.05) is 20.1 Å².